The SMILES string of the molecule is CCC(=CC(C)COC)CNCCOC. The van der Waals surface area contributed by atoms with Gasteiger partial charge in [0, 0.05) is 27.3 Å². The fourth-order valence-electron chi connectivity index (χ4n) is 1.44. The third-order valence-electron chi connectivity index (χ3n) is 2.24. The van der Waals surface area contributed by atoms with Gasteiger partial charge in [0.25, 0.3) is 0 Å². The normalized spacial score (nSPS) is 14.3. The molecule has 0 bridgehead atoms. The van der Waals surface area contributed by atoms with Crippen LogP contribution in [0.3, 0.4) is 0 Å². The molecule has 0 saturated heterocycles. The molecule has 3 nitrogen and oxygen atoms in total. The molecular weight excluding hydrogens is 190 g/mol. The summed E-state index contributed by atoms with van der Waals surface area (Å²) in [5, 5.41) is 3.35. The van der Waals surface area contributed by atoms with Crippen LogP contribution in [0.15, 0.2) is 11.6 Å². The van der Waals surface area contributed by atoms with E-state index < -0.39 is 0 Å². The molecule has 0 fully saturated rings. The number of methoxy groups -OCH3 is 2. The van der Waals surface area contributed by atoms with Gasteiger partial charge in [-0.05, 0) is 12.3 Å². The Labute approximate surface area is 93.8 Å². The zero-order chi connectivity index (χ0) is 11.5. The Kier molecular flexibility index (Phi) is 9.89. The quantitative estimate of drug-likeness (QED) is 0.470. The lowest BCUT2D eigenvalue weighted by Gasteiger charge is -2.10. The summed E-state index contributed by atoms with van der Waals surface area (Å²) in [4.78, 5) is 0. The summed E-state index contributed by atoms with van der Waals surface area (Å²) < 4.78 is 10.1. The van der Waals surface area contributed by atoms with Crippen molar-refractivity contribution >= 4 is 0 Å². The maximum atomic E-state index is 5.11. The van der Waals surface area contributed by atoms with E-state index in [1.54, 1.807) is 14.2 Å². The van der Waals surface area contributed by atoms with Gasteiger partial charge in [0.2, 0.25) is 0 Å². The van der Waals surface area contributed by atoms with Crippen LogP contribution in [0.25, 0.3) is 0 Å². The number of nitrogens with one attached hydrogen (secondary N) is 1. The van der Waals surface area contributed by atoms with Crippen LogP contribution >= 0.6 is 0 Å². The molecular formula is C12H25NO2. The van der Waals surface area contributed by atoms with Gasteiger partial charge >= 0.3 is 0 Å². The first-order valence-electron chi connectivity index (χ1n) is 5.62. The topological polar surface area (TPSA) is 30.5 Å². The molecule has 0 amide bonds. The average Bonchev–Trinajstić information content (AvgIpc) is 2.23. The van der Waals surface area contributed by atoms with Crippen LogP contribution in [0.1, 0.15) is 20.3 Å². The average molecular weight is 215 g/mol. The molecule has 0 aliphatic heterocycles. The fourth-order valence-corrected chi connectivity index (χ4v) is 1.44. The third kappa shape index (κ3) is 8.60. The Morgan fingerprint density at radius 2 is 2.07 bits per heavy atom. The van der Waals surface area contributed by atoms with E-state index in [9.17, 15) is 0 Å². The molecule has 0 aromatic rings. The van der Waals surface area contributed by atoms with Gasteiger partial charge in [0.15, 0.2) is 0 Å². The molecule has 1 atom stereocenters. The summed E-state index contributed by atoms with van der Waals surface area (Å²) in [5.41, 5.74) is 1.44. The molecule has 15 heavy (non-hydrogen) atoms. The molecule has 0 aliphatic carbocycles. The summed E-state index contributed by atoms with van der Waals surface area (Å²) in [7, 11) is 3.46. The maximum absolute atomic E-state index is 5.11. The Morgan fingerprint density at radius 3 is 2.60 bits per heavy atom. The lowest BCUT2D eigenvalue weighted by Crippen LogP contribution is -2.22. The molecule has 0 aromatic heterocycles. The van der Waals surface area contributed by atoms with Gasteiger partial charge in [-0.25, -0.2) is 0 Å². The molecule has 0 aromatic carbocycles. The van der Waals surface area contributed by atoms with Gasteiger partial charge in [-0.2, -0.15) is 0 Å². The molecule has 0 heterocycles. The van der Waals surface area contributed by atoms with E-state index in [1.807, 2.05) is 0 Å². The zero-order valence-electron chi connectivity index (χ0n) is 10.5. The molecule has 0 spiro atoms. The van der Waals surface area contributed by atoms with Crippen molar-refractivity contribution < 1.29 is 9.47 Å². The molecule has 0 radical (unpaired) electrons. The van der Waals surface area contributed by atoms with Crippen LogP contribution in [0, 0.1) is 5.92 Å². The monoisotopic (exact) mass is 215 g/mol. The number of hydrogen-bond donors (Lipinski definition) is 1. The van der Waals surface area contributed by atoms with Crippen LogP contribution in [0.4, 0.5) is 0 Å². The minimum absolute atomic E-state index is 0.495. The number of ether oxygens (including phenoxy) is 2. The minimum atomic E-state index is 0.495. The van der Waals surface area contributed by atoms with Crippen molar-refractivity contribution in [3.05, 3.63) is 11.6 Å². The summed E-state index contributed by atoms with van der Waals surface area (Å²) in [5.74, 6) is 0.495. The Bertz CT molecular complexity index is 169. The van der Waals surface area contributed by atoms with E-state index in [0.717, 1.165) is 32.7 Å². The first kappa shape index (κ1) is 14.6. The summed E-state index contributed by atoms with van der Waals surface area (Å²) >= 11 is 0. The molecule has 90 valence electrons. The molecule has 0 saturated carbocycles. The van der Waals surface area contributed by atoms with Crippen LogP contribution in [0.2, 0.25) is 0 Å². The highest BCUT2D eigenvalue weighted by atomic mass is 16.5. The van der Waals surface area contributed by atoms with Gasteiger partial charge in [-0.15, -0.1) is 0 Å². The van der Waals surface area contributed by atoms with Crippen LogP contribution in [0.5, 0.6) is 0 Å². The minimum Gasteiger partial charge on any atom is -0.384 e. The first-order valence-corrected chi connectivity index (χ1v) is 5.62. The number of hydrogen-bond acceptors (Lipinski definition) is 3. The van der Waals surface area contributed by atoms with E-state index in [2.05, 4.69) is 25.2 Å². The maximum Gasteiger partial charge on any atom is 0.0587 e. The lowest BCUT2D eigenvalue weighted by molar-refractivity contribution is 0.175. The van der Waals surface area contributed by atoms with E-state index >= 15 is 0 Å². The molecule has 1 unspecified atom stereocenters. The van der Waals surface area contributed by atoms with Crippen molar-refractivity contribution in [2.75, 3.05) is 40.5 Å². The van der Waals surface area contributed by atoms with E-state index in [0.29, 0.717) is 5.92 Å². The first-order chi connectivity index (χ1) is 7.24. The van der Waals surface area contributed by atoms with Crippen molar-refractivity contribution in [2.45, 2.75) is 20.3 Å². The lowest BCUT2D eigenvalue weighted by atomic mass is 10.1. The zero-order valence-corrected chi connectivity index (χ0v) is 10.5. The fraction of sp³-hybridized carbons (Fsp3) is 0.833. The summed E-state index contributed by atoms with van der Waals surface area (Å²) in [6.07, 6.45) is 3.39. The van der Waals surface area contributed by atoms with Crippen molar-refractivity contribution in [3.63, 3.8) is 0 Å². The number of rotatable bonds is 9. The van der Waals surface area contributed by atoms with Gasteiger partial charge in [-0.3, -0.25) is 0 Å². The van der Waals surface area contributed by atoms with Crippen molar-refractivity contribution in [2.24, 2.45) is 5.92 Å². The Morgan fingerprint density at radius 1 is 1.33 bits per heavy atom. The van der Waals surface area contributed by atoms with Gasteiger partial charge < -0.3 is 14.8 Å². The predicted molar refractivity (Wildman–Crippen MR) is 64.2 cm³/mol. The molecule has 1 N–H and O–H groups in total. The van der Waals surface area contributed by atoms with Crippen LogP contribution < -0.4 is 5.32 Å². The summed E-state index contributed by atoms with van der Waals surface area (Å²) in [6, 6.07) is 0. The van der Waals surface area contributed by atoms with E-state index in [1.165, 1.54) is 5.57 Å². The van der Waals surface area contributed by atoms with Crippen LogP contribution in [-0.2, 0) is 9.47 Å². The predicted octanol–water partition coefficient (Wildman–Crippen LogP) is 1.84. The van der Waals surface area contributed by atoms with E-state index in [4.69, 9.17) is 9.47 Å². The highest BCUT2D eigenvalue weighted by Gasteiger charge is 2.00. The van der Waals surface area contributed by atoms with Gasteiger partial charge in [-0.1, -0.05) is 25.5 Å². The smallest absolute Gasteiger partial charge is 0.0587 e. The highest BCUT2D eigenvalue weighted by molar-refractivity contribution is 5.05. The molecule has 3 heteroatoms. The Hall–Kier alpha value is -0.380. The van der Waals surface area contributed by atoms with Crippen molar-refractivity contribution in [1.82, 2.24) is 5.32 Å². The van der Waals surface area contributed by atoms with Crippen molar-refractivity contribution in [3.8, 4) is 0 Å². The third-order valence-corrected chi connectivity index (χ3v) is 2.24. The standard InChI is InChI=1S/C12H25NO2/c1-5-12(8-11(2)10-15-4)9-13-6-7-14-3/h8,11,13H,5-7,9-10H2,1-4H3. The van der Waals surface area contributed by atoms with Gasteiger partial charge in [0.05, 0.1) is 13.2 Å². The molecule has 0 aliphatic rings. The van der Waals surface area contributed by atoms with Crippen molar-refractivity contribution in [1.29, 1.82) is 0 Å². The van der Waals surface area contributed by atoms with Crippen LogP contribution in [-0.4, -0.2) is 40.5 Å². The largest absolute Gasteiger partial charge is 0.384 e. The second-order valence-corrected chi connectivity index (χ2v) is 3.78. The van der Waals surface area contributed by atoms with Gasteiger partial charge in [0.1, 0.15) is 0 Å². The second-order valence-electron chi connectivity index (χ2n) is 3.78. The Balaban J connectivity index is 3.79. The second kappa shape index (κ2) is 10.1. The van der Waals surface area contributed by atoms with E-state index in [-0.39, 0.29) is 0 Å². The highest BCUT2D eigenvalue weighted by Crippen LogP contribution is 2.06. The molecule has 0 rings (SSSR count). The summed E-state index contributed by atoms with van der Waals surface area (Å²) in [6.45, 7) is 7.78.